The molecule has 1 rings (SSSR count). The van der Waals surface area contributed by atoms with Gasteiger partial charge >= 0.3 is 6.03 Å². The lowest BCUT2D eigenvalue weighted by molar-refractivity contribution is 0.207. The van der Waals surface area contributed by atoms with Crippen LogP contribution in [0.1, 0.15) is 13.8 Å². The Kier molecular flexibility index (Phi) is 1.32. The van der Waals surface area contributed by atoms with Gasteiger partial charge in [-0.3, -0.25) is 5.01 Å². The van der Waals surface area contributed by atoms with Crippen LogP contribution in [0.2, 0.25) is 0 Å². The van der Waals surface area contributed by atoms with E-state index in [2.05, 4.69) is 5.32 Å². The summed E-state index contributed by atoms with van der Waals surface area (Å²) in [4.78, 5) is 10.7. The first-order valence-corrected chi connectivity index (χ1v) is 2.97. The molecule has 2 atom stereocenters. The van der Waals surface area contributed by atoms with Crippen molar-refractivity contribution in [3.05, 3.63) is 0 Å². The quantitative estimate of drug-likeness (QED) is 0.347. The second kappa shape index (κ2) is 1.88. The Bertz CT molecular complexity index is 136. The van der Waals surface area contributed by atoms with E-state index >= 15 is 0 Å². The van der Waals surface area contributed by atoms with E-state index in [4.69, 9.17) is 5.84 Å². The molecule has 0 saturated carbocycles. The van der Waals surface area contributed by atoms with Crippen molar-refractivity contribution in [2.45, 2.75) is 25.9 Å². The number of amides is 2. The maximum absolute atomic E-state index is 10.7. The normalized spacial score (nSPS) is 35.0. The molecule has 0 aromatic carbocycles. The van der Waals surface area contributed by atoms with Gasteiger partial charge in [0.15, 0.2) is 0 Å². The van der Waals surface area contributed by atoms with Crippen molar-refractivity contribution in [2.24, 2.45) is 5.84 Å². The van der Waals surface area contributed by atoms with Gasteiger partial charge in [0.1, 0.15) is 0 Å². The molecule has 52 valence electrons. The van der Waals surface area contributed by atoms with Crippen molar-refractivity contribution in [1.82, 2.24) is 10.3 Å². The Morgan fingerprint density at radius 2 is 2.22 bits per heavy atom. The molecule has 4 heteroatoms. The molecule has 0 aromatic rings. The molecule has 1 aliphatic rings. The first-order valence-electron chi connectivity index (χ1n) is 2.97. The average Bonchev–Trinajstić information content (AvgIpc) is 1.98. The number of urea groups is 1. The maximum Gasteiger partial charge on any atom is 0.332 e. The molecule has 9 heavy (non-hydrogen) atoms. The van der Waals surface area contributed by atoms with Gasteiger partial charge in [0.2, 0.25) is 0 Å². The zero-order valence-corrected chi connectivity index (χ0v) is 5.59. The van der Waals surface area contributed by atoms with Crippen LogP contribution >= 0.6 is 0 Å². The van der Waals surface area contributed by atoms with Crippen LogP contribution < -0.4 is 11.2 Å². The minimum Gasteiger partial charge on any atom is -0.332 e. The van der Waals surface area contributed by atoms with Crippen molar-refractivity contribution < 1.29 is 4.79 Å². The SMILES string of the molecule is CC1NC(=O)N(N)C1C. The van der Waals surface area contributed by atoms with Crippen LogP contribution in [-0.4, -0.2) is 23.1 Å². The molecule has 0 aromatic heterocycles. The fourth-order valence-electron chi connectivity index (χ4n) is 0.816. The highest BCUT2D eigenvalue weighted by Crippen LogP contribution is 2.06. The van der Waals surface area contributed by atoms with Crippen LogP contribution in [0.25, 0.3) is 0 Å². The van der Waals surface area contributed by atoms with Crippen LogP contribution in [0.15, 0.2) is 0 Å². The zero-order chi connectivity index (χ0) is 7.02. The predicted molar refractivity (Wildman–Crippen MR) is 33.5 cm³/mol. The van der Waals surface area contributed by atoms with Crippen molar-refractivity contribution in [3.63, 3.8) is 0 Å². The van der Waals surface area contributed by atoms with E-state index in [9.17, 15) is 4.79 Å². The van der Waals surface area contributed by atoms with Gasteiger partial charge in [0, 0.05) is 6.04 Å². The van der Waals surface area contributed by atoms with E-state index in [0.29, 0.717) is 0 Å². The smallest absolute Gasteiger partial charge is 0.332 e. The molecule has 0 spiro atoms. The number of nitrogens with one attached hydrogen (secondary N) is 1. The topological polar surface area (TPSA) is 58.4 Å². The fourth-order valence-corrected chi connectivity index (χ4v) is 0.816. The van der Waals surface area contributed by atoms with Gasteiger partial charge in [-0.15, -0.1) is 0 Å². The second-order valence-electron chi connectivity index (χ2n) is 2.39. The third-order valence-corrected chi connectivity index (χ3v) is 1.75. The lowest BCUT2D eigenvalue weighted by Gasteiger charge is -2.13. The van der Waals surface area contributed by atoms with Crippen molar-refractivity contribution >= 4 is 6.03 Å². The highest BCUT2D eigenvalue weighted by molar-refractivity contribution is 5.76. The largest absolute Gasteiger partial charge is 0.332 e. The lowest BCUT2D eigenvalue weighted by atomic mass is 10.2. The molecule has 0 radical (unpaired) electrons. The standard InChI is InChI=1S/C5H11N3O/c1-3-4(2)8(6)5(9)7-3/h3-4H,6H2,1-2H3,(H,7,9). The summed E-state index contributed by atoms with van der Waals surface area (Å²) in [6.45, 7) is 3.83. The van der Waals surface area contributed by atoms with Crippen LogP contribution in [0.5, 0.6) is 0 Å². The van der Waals surface area contributed by atoms with Crippen LogP contribution in [0, 0.1) is 0 Å². The molecule has 0 aliphatic carbocycles. The number of carbonyl (C=O) groups excluding carboxylic acids is 1. The van der Waals surface area contributed by atoms with E-state index in [1.807, 2.05) is 13.8 Å². The van der Waals surface area contributed by atoms with Gasteiger partial charge in [-0.1, -0.05) is 0 Å². The number of nitrogens with two attached hydrogens (primary N) is 1. The van der Waals surface area contributed by atoms with Crippen LogP contribution in [0.4, 0.5) is 4.79 Å². The third kappa shape index (κ3) is 0.853. The minimum absolute atomic E-state index is 0.109. The molecule has 1 aliphatic heterocycles. The van der Waals surface area contributed by atoms with Gasteiger partial charge in [-0.05, 0) is 13.8 Å². The molecule has 2 amide bonds. The van der Waals surface area contributed by atoms with Gasteiger partial charge in [0.25, 0.3) is 0 Å². The summed E-state index contributed by atoms with van der Waals surface area (Å²) in [5, 5.41) is 3.89. The summed E-state index contributed by atoms with van der Waals surface area (Å²) in [6.07, 6.45) is 0. The Morgan fingerprint density at radius 1 is 1.67 bits per heavy atom. The van der Waals surface area contributed by atoms with E-state index in [1.165, 1.54) is 5.01 Å². The summed E-state index contributed by atoms with van der Waals surface area (Å²) >= 11 is 0. The summed E-state index contributed by atoms with van der Waals surface area (Å²) in [6, 6.07) is 0.0926. The highest BCUT2D eigenvalue weighted by Gasteiger charge is 2.30. The van der Waals surface area contributed by atoms with Crippen LogP contribution in [-0.2, 0) is 0 Å². The monoisotopic (exact) mass is 129 g/mol. The Morgan fingerprint density at radius 3 is 2.33 bits per heavy atom. The van der Waals surface area contributed by atoms with Gasteiger partial charge in [-0.2, -0.15) is 0 Å². The van der Waals surface area contributed by atoms with Crippen molar-refractivity contribution in [2.75, 3.05) is 0 Å². The highest BCUT2D eigenvalue weighted by atomic mass is 16.2. The number of hydrogen-bond donors (Lipinski definition) is 2. The molecule has 1 saturated heterocycles. The first kappa shape index (κ1) is 6.35. The van der Waals surface area contributed by atoms with E-state index in [-0.39, 0.29) is 18.1 Å². The zero-order valence-electron chi connectivity index (χ0n) is 5.59. The number of nitrogens with zero attached hydrogens (tertiary/aromatic N) is 1. The van der Waals surface area contributed by atoms with E-state index < -0.39 is 0 Å². The molecule has 1 heterocycles. The summed E-state index contributed by atoms with van der Waals surface area (Å²) < 4.78 is 0. The third-order valence-electron chi connectivity index (χ3n) is 1.75. The maximum atomic E-state index is 10.7. The molecular formula is C5H11N3O. The minimum atomic E-state index is -0.185. The number of rotatable bonds is 0. The van der Waals surface area contributed by atoms with E-state index in [0.717, 1.165) is 0 Å². The van der Waals surface area contributed by atoms with E-state index in [1.54, 1.807) is 0 Å². The predicted octanol–water partition coefficient (Wildman–Crippen LogP) is -0.338. The summed E-state index contributed by atoms with van der Waals surface area (Å²) in [5.74, 6) is 5.33. The Hall–Kier alpha value is -0.770. The molecule has 3 N–H and O–H groups in total. The Labute approximate surface area is 54.0 Å². The Balaban J connectivity index is 2.65. The average molecular weight is 129 g/mol. The molecule has 0 bridgehead atoms. The van der Waals surface area contributed by atoms with Gasteiger partial charge in [0.05, 0.1) is 6.04 Å². The lowest BCUT2D eigenvalue weighted by Crippen LogP contribution is -2.39. The molecule has 4 nitrogen and oxygen atoms in total. The van der Waals surface area contributed by atoms with Crippen molar-refractivity contribution in [3.8, 4) is 0 Å². The number of hydrogen-bond acceptors (Lipinski definition) is 2. The second-order valence-corrected chi connectivity index (χ2v) is 2.39. The molecule has 1 fully saturated rings. The van der Waals surface area contributed by atoms with Crippen molar-refractivity contribution in [1.29, 1.82) is 0 Å². The van der Waals surface area contributed by atoms with Gasteiger partial charge in [-0.25, -0.2) is 10.6 Å². The number of carbonyl (C=O) groups is 1. The fraction of sp³-hybridized carbons (Fsp3) is 0.800. The molecule has 2 unspecified atom stereocenters. The van der Waals surface area contributed by atoms with Gasteiger partial charge < -0.3 is 5.32 Å². The summed E-state index contributed by atoms with van der Waals surface area (Å²) in [7, 11) is 0. The van der Waals surface area contributed by atoms with Crippen LogP contribution in [0.3, 0.4) is 0 Å². The number of hydrazine groups is 1. The first-order chi connectivity index (χ1) is 4.13. The molecular weight excluding hydrogens is 118 g/mol. The summed E-state index contributed by atoms with van der Waals surface area (Å²) in [5.41, 5.74) is 0.